The van der Waals surface area contributed by atoms with Gasteiger partial charge in [-0.25, -0.2) is 0 Å². The lowest BCUT2D eigenvalue weighted by atomic mass is 10.2. The Morgan fingerprint density at radius 2 is 1.95 bits per heavy atom. The van der Waals surface area contributed by atoms with Crippen LogP contribution >= 0.6 is 0 Å². The van der Waals surface area contributed by atoms with Crippen molar-refractivity contribution in [1.29, 1.82) is 0 Å². The predicted molar refractivity (Wildman–Crippen MR) is 86.8 cm³/mol. The first kappa shape index (κ1) is 15.5. The number of nitrogens with one attached hydrogen (secondary N) is 1. The van der Waals surface area contributed by atoms with E-state index in [4.69, 9.17) is 4.74 Å². The van der Waals surface area contributed by atoms with Crippen molar-refractivity contribution in [2.24, 2.45) is 0 Å². The van der Waals surface area contributed by atoms with Gasteiger partial charge in [0.2, 0.25) is 0 Å². The lowest BCUT2D eigenvalue weighted by Crippen LogP contribution is -2.46. The monoisotopic (exact) mass is 303 g/mol. The Labute approximate surface area is 132 Å². The molecule has 0 aliphatic carbocycles. The van der Waals surface area contributed by atoms with Gasteiger partial charge in [0, 0.05) is 25.3 Å². The number of ether oxygens (including phenoxy) is 1. The maximum Gasteiger partial charge on any atom is 0.254 e. The molecular formula is C17H25N3O2. The lowest BCUT2D eigenvalue weighted by molar-refractivity contribution is -0.132. The minimum Gasteiger partial charge on any atom is -0.366 e. The normalized spacial score (nSPS) is 23.6. The van der Waals surface area contributed by atoms with Crippen molar-refractivity contribution in [2.45, 2.75) is 25.5 Å². The summed E-state index contributed by atoms with van der Waals surface area (Å²) in [6, 6.07) is 8.16. The first-order valence-electron chi connectivity index (χ1n) is 8.13. The number of nitrogens with zero attached hydrogens (tertiary/aromatic N) is 2. The van der Waals surface area contributed by atoms with Crippen LogP contribution in [0.5, 0.6) is 0 Å². The number of rotatable bonds is 4. The standard InChI is InChI=1S/C17H25N3O2/c1-19-10-11-22-16(13-19)17(21)18-15-6-4-14(5-7-15)12-20-8-2-3-9-20/h4-7,16H,2-3,8-13H2,1H3,(H,18,21)/t16-/m1/s1. The van der Waals surface area contributed by atoms with E-state index in [1.165, 1.54) is 31.5 Å². The lowest BCUT2D eigenvalue weighted by Gasteiger charge is -2.29. The fraction of sp³-hybridized carbons (Fsp3) is 0.588. The van der Waals surface area contributed by atoms with Crippen LogP contribution in [0.3, 0.4) is 0 Å². The predicted octanol–water partition coefficient (Wildman–Crippen LogP) is 1.55. The average Bonchev–Trinajstić information content (AvgIpc) is 3.02. The summed E-state index contributed by atoms with van der Waals surface area (Å²) >= 11 is 0. The van der Waals surface area contributed by atoms with Gasteiger partial charge in [0.15, 0.2) is 0 Å². The van der Waals surface area contributed by atoms with Gasteiger partial charge in [0.05, 0.1) is 6.61 Å². The molecule has 1 N–H and O–H groups in total. The largest absolute Gasteiger partial charge is 0.366 e. The number of morpholine rings is 1. The molecule has 0 aromatic heterocycles. The van der Waals surface area contributed by atoms with Gasteiger partial charge in [0.25, 0.3) is 5.91 Å². The number of carbonyl (C=O) groups excluding carboxylic acids is 1. The Morgan fingerprint density at radius 1 is 1.23 bits per heavy atom. The van der Waals surface area contributed by atoms with Crippen molar-refractivity contribution < 1.29 is 9.53 Å². The van der Waals surface area contributed by atoms with Crippen molar-refractivity contribution in [3.8, 4) is 0 Å². The molecule has 0 radical (unpaired) electrons. The Balaban J connectivity index is 1.52. The average molecular weight is 303 g/mol. The van der Waals surface area contributed by atoms with Crippen LogP contribution in [0.1, 0.15) is 18.4 Å². The number of amides is 1. The molecule has 0 saturated carbocycles. The molecule has 0 unspecified atom stereocenters. The van der Waals surface area contributed by atoms with Crippen molar-refractivity contribution in [1.82, 2.24) is 9.80 Å². The summed E-state index contributed by atoms with van der Waals surface area (Å²) in [6.45, 7) is 5.55. The molecule has 2 aliphatic rings. The summed E-state index contributed by atoms with van der Waals surface area (Å²) in [7, 11) is 2.01. The molecule has 5 nitrogen and oxygen atoms in total. The number of hydrogen-bond donors (Lipinski definition) is 1. The summed E-state index contributed by atoms with van der Waals surface area (Å²) in [5, 5.41) is 2.95. The Kier molecular flexibility index (Phi) is 5.08. The Hall–Kier alpha value is -1.43. The van der Waals surface area contributed by atoms with Gasteiger partial charge in [-0.1, -0.05) is 12.1 Å². The number of hydrogen-bond acceptors (Lipinski definition) is 4. The van der Waals surface area contributed by atoms with E-state index in [2.05, 4.69) is 27.2 Å². The van der Waals surface area contributed by atoms with E-state index in [9.17, 15) is 4.79 Å². The quantitative estimate of drug-likeness (QED) is 0.917. The van der Waals surface area contributed by atoms with E-state index in [0.29, 0.717) is 13.2 Å². The number of likely N-dealkylation sites (N-methyl/N-ethyl adjacent to an activating group) is 1. The fourth-order valence-corrected chi connectivity index (χ4v) is 3.05. The highest BCUT2D eigenvalue weighted by Crippen LogP contribution is 2.16. The van der Waals surface area contributed by atoms with Crippen molar-refractivity contribution >= 4 is 11.6 Å². The summed E-state index contributed by atoms with van der Waals surface area (Å²) < 4.78 is 5.53. The third kappa shape index (κ3) is 4.06. The highest BCUT2D eigenvalue weighted by Gasteiger charge is 2.24. The molecule has 3 rings (SSSR count). The first-order chi connectivity index (χ1) is 10.7. The summed E-state index contributed by atoms with van der Waals surface area (Å²) in [5.74, 6) is -0.0566. The minimum atomic E-state index is -0.372. The molecule has 5 heteroatoms. The first-order valence-corrected chi connectivity index (χ1v) is 8.13. The summed E-state index contributed by atoms with van der Waals surface area (Å²) in [6.07, 6.45) is 2.25. The van der Waals surface area contributed by atoms with E-state index in [-0.39, 0.29) is 12.0 Å². The second kappa shape index (κ2) is 7.22. The second-order valence-electron chi connectivity index (χ2n) is 6.29. The molecule has 120 valence electrons. The highest BCUT2D eigenvalue weighted by molar-refractivity contribution is 5.94. The second-order valence-corrected chi connectivity index (χ2v) is 6.29. The van der Waals surface area contributed by atoms with E-state index in [1.54, 1.807) is 0 Å². The van der Waals surface area contributed by atoms with Gasteiger partial charge >= 0.3 is 0 Å². The topological polar surface area (TPSA) is 44.8 Å². The molecule has 1 aromatic carbocycles. The van der Waals surface area contributed by atoms with Crippen LogP contribution in [0.25, 0.3) is 0 Å². The molecule has 2 fully saturated rings. The third-order valence-corrected chi connectivity index (χ3v) is 4.39. The molecule has 22 heavy (non-hydrogen) atoms. The van der Waals surface area contributed by atoms with E-state index in [0.717, 1.165) is 18.8 Å². The van der Waals surface area contributed by atoms with E-state index >= 15 is 0 Å². The van der Waals surface area contributed by atoms with Crippen molar-refractivity contribution in [3.05, 3.63) is 29.8 Å². The Bertz CT molecular complexity index is 497. The van der Waals surface area contributed by atoms with Gasteiger partial charge in [-0.3, -0.25) is 9.69 Å². The van der Waals surface area contributed by atoms with Gasteiger partial charge in [-0.2, -0.15) is 0 Å². The maximum absolute atomic E-state index is 12.2. The molecule has 2 aliphatic heterocycles. The summed E-state index contributed by atoms with van der Waals surface area (Å²) in [5.41, 5.74) is 2.14. The van der Waals surface area contributed by atoms with E-state index < -0.39 is 0 Å². The van der Waals surface area contributed by atoms with Crippen LogP contribution in [0.2, 0.25) is 0 Å². The molecule has 1 aromatic rings. The van der Waals surface area contributed by atoms with Gasteiger partial charge in [-0.15, -0.1) is 0 Å². The maximum atomic E-state index is 12.2. The zero-order valence-corrected chi connectivity index (χ0v) is 13.3. The molecule has 1 amide bonds. The van der Waals surface area contributed by atoms with E-state index in [1.807, 2.05) is 19.2 Å². The smallest absolute Gasteiger partial charge is 0.254 e. The van der Waals surface area contributed by atoms with Crippen LogP contribution in [0.4, 0.5) is 5.69 Å². The molecule has 2 saturated heterocycles. The third-order valence-electron chi connectivity index (χ3n) is 4.39. The molecule has 1 atom stereocenters. The molecule has 0 bridgehead atoms. The zero-order chi connectivity index (χ0) is 15.4. The van der Waals surface area contributed by atoms with Crippen LogP contribution in [0.15, 0.2) is 24.3 Å². The molecular weight excluding hydrogens is 278 g/mol. The fourth-order valence-electron chi connectivity index (χ4n) is 3.05. The number of carbonyl (C=O) groups is 1. The van der Waals surface area contributed by atoms with Gasteiger partial charge in [0.1, 0.15) is 6.10 Å². The zero-order valence-electron chi connectivity index (χ0n) is 13.3. The van der Waals surface area contributed by atoms with Gasteiger partial charge < -0.3 is 15.0 Å². The van der Waals surface area contributed by atoms with Crippen molar-refractivity contribution in [2.75, 3.05) is 45.2 Å². The number of likely N-dealkylation sites (tertiary alicyclic amines) is 1. The highest BCUT2D eigenvalue weighted by atomic mass is 16.5. The van der Waals surface area contributed by atoms with Crippen LogP contribution in [-0.2, 0) is 16.1 Å². The molecule has 2 heterocycles. The van der Waals surface area contributed by atoms with Crippen LogP contribution in [0, 0.1) is 0 Å². The SMILES string of the molecule is CN1CCO[C@@H](C(=O)Nc2ccc(CN3CCCC3)cc2)C1. The number of benzene rings is 1. The van der Waals surface area contributed by atoms with Gasteiger partial charge in [-0.05, 0) is 50.7 Å². The molecule has 0 spiro atoms. The van der Waals surface area contributed by atoms with Crippen LogP contribution < -0.4 is 5.32 Å². The van der Waals surface area contributed by atoms with Crippen molar-refractivity contribution in [3.63, 3.8) is 0 Å². The minimum absolute atomic E-state index is 0.0566. The Morgan fingerprint density at radius 3 is 2.64 bits per heavy atom. The van der Waals surface area contributed by atoms with Crippen LogP contribution in [-0.4, -0.2) is 61.6 Å². The summed E-state index contributed by atoms with van der Waals surface area (Å²) in [4.78, 5) is 16.8. The number of anilines is 1.